The van der Waals surface area contributed by atoms with Gasteiger partial charge in [-0.3, -0.25) is 4.99 Å². The van der Waals surface area contributed by atoms with Crippen LogP contribution in [0.15, 0.2) is 4.99 Å². The Hall–Kier alpha value is -0.0800. The van der Waals surface area contributed by atoms with Crippen molar-refractivity contribution in [2.45, 2.75) is 58.8 Å². The van der Waals surface area contributed by atoms with Crippen LogP contribution in [0.3, 0.4) is 0 Å². The molecule has 1 saturated carbocycles. The average Bonchev–Trinajstić information content (AvgIpc) is 3.31. The zero-order chi connectivity index (χ0) is 18.2. The molecule has 0 aromatic rings. The molecule has 0 unspecified atom stereocenters. The van der Waals surface area contributed by atoms with Crippen molar-refractivity contribution in [3.63, 3.8) is 0 Å². The van der Waals surface area contributed by atoms with Gasteiger partial charge in [0.15, 0.2) is 5.96 Å². The number of piperazine rings is 1. The monoisotopic (exact) mass is 491 g/mol. The summed E-state index contributed by atoms with van der Waals surface area (Å²) in [5, 5.41) is 3.54. The molecular formula is C21H42IN5. The lowest BCUT2D eigenvalue weighted by Gasteiger charge is -2.33. The fourth-order valence-electron chi connectivity index (χ4n) is 5.04. The molecule has 0 atom stereocenters. The Balaban J connectivity index is 0.00000261. The molecule has 1 N–H and O–H groups in total. The summed E-state index contributed by atoms with van der Waals surface area (Å²) in [5.41, 5.74) is 0.622. The van der Waals surface area contributed by atoms with Crippen LogP contribution in [0.2, 0.25) is 0 Å². The second-order valence-corrected chi connectivity index (χ2v) is 8.60. The molecule has 0 bridgehead atoms. The number of aliphatic imine (C=N–C) groups is 1. The first kappa shape index (κ1) is 23.2. The number of hydrogen-bond donors (Lipinski definition) is 1. The molecule has 1 spiro atoms. The molecule has 6 heteroatoms. The molecule has 0 radical (unpaired) electrons. The number of nitrogens with one attached hydrogen (secondary N) is 1. The van der Waals surface area contributed by atoms with E-state index in [0.29, 0.717) is 5.41 Å². The fraction of sp³-hybridized carbons (Fsp3) is 0.952. The van der Waals surface area contributed by atoms with Crippen LogP contribution >= 0.6 is 24.0 Å². The van der Waals surface area contributed by atoms with Gasteiger partial charge in [-0.1, -0.05) is 19.8 Å². The van der Waals surface area contributed by atoms with Crippen LogP contribution in [0, 0.1) is 5.41 Å². The largest absolute Gasteiger partial charge is 0.357 e. The van der Waals surface area contributed by atoms with Crippen molar-refractivity contribution in [3.05, 3.63) is 0 Å². The first-order chi connectivity index (χ1) is 12.7. The molecule has 0 aromatic heterocycles. The molecule has 158 valence electrons. The average molecular weight is 492 g/mol. The minimum atomic E-state index is 0. The number of likely N-dealkylation sites (N-methyl/N-ethyl adjacent to an activating group) is 1. The van der Waals surface area contributed by atoms with Crippen molar-refractivity contribution in [2.75, 3.05) is 65.4 Å². The molecule has 3 fully saturated rings. The van der Waals surface area contributed by atoms with Crippen LogP contribution < -0.4 is 5.32 Å². The van der Waals surface area contributed by atoms with Crippen molar-refractivity contribution in [2.24, 2.45) is 10.4 Å². The topological polar surface area (TPSA) is 34.1 Å². The van der Waals surface area contributed by atoms with E-state index >= 15 is 0 Å². The standard InChI is InChI=1S/C21H41N5.HI/c1-3-22-20(26-14-11-21(19-26)9-5-6-10-21)23-12-7-8-13-25-17-15-24(4-2)16-18-25;/h3-19H2,1-2H3,(H,22,23);1H. The number of guanidine groups is 1. The molecule has 2 heterocycles. The zero-order valence-corrected chi connectivity index (χ0v) is 20.0. The van der Waals surface area contributed by atoms with Gasteiger partial charge in [0.25, 0.3) is 0 Å². The molecule has 3 aliphatic rings. The molecule has 0 amide bonds. The highest BCUT2D eigenvalue weighted by atomic mass is 127. The lowest BCUT2D eigenvalue weighted by atomic mass is 9.86. The number of halogens is 1. The normalized spacial score (nSPS) is 23.8. The van der Waals surface area contributed by atoms with Crippen molar-refractivity contribution in [1.29, 1.82) is 0 Å². The Morgan fingerprint density at radius 1 is 0.926 bits per heavy atom. The summed E-state index contributed by atoms with van der Waals surface area (Å²) >= 11 is 0. The van der Waals surface area contributed by atoms with Crippen molar-refractivity contribution < 1.29 is 0 Å². The highest BCUT2D eigenvalue weighted by Gasteiger charge is 2.41. The maximum atomic E-state index is 4.96. The van der Waals surface area contributed by atoms with E-state index in [9.17, 15) is 0 Å². The molecular weight excluding hydrogens is 449 g/mol. The van der Waals surface area contributed by atoms with Gasteiger partial charge in [0.2, 0.25) is 0 Å². The van der Waals surface area contributed by atoms with Crippen LogP contribution in [-0.4, -0.2) is 86.1 Å². The minimum Gasteiger partial charge on any atom is -0.357 e. The third-order valence-corrected chi connectivity index (χ3v) is 6.79. The highest BCUT2D eigenvalue weighted by Crippen LogP contribution is 2.45. The van der Waals surface area contributed by atoms with E-state index < -0.39 is 0 Å². The smallest absolute Gasteiger partial charge is 0.193 e. The number of unbranched alkanes of at least 4 members (excludes halogenated alkanes) is 1. The van der Waals surface area contributed by atoms with E-state index in [1.54, 1.807) is 0 Å². The van der Waals surface area contributed by atoms with E-state index in [4.69, 9.17) is 4.99 Å². The van der Waals surface area contributed by atoms with Crippen LogP contribution in [0.4, 0.5) is 0 Å². The Labute approximate surface area is 184 Å². The summed E-state index contributed by atoms with van der Waals surface area (Å²) in [5.74, 6) is 1.17. The maximum Gasteiger partial charge on any atom is 0.193 e. The van der Waals surface area contributed by atoms with Crippen LogP contribution in [-0.2, 0) is 0 Å². The number of nitrogens with zero attached hydrogens (tertiary/aromatic N) is 4. The minimum absolute atomic E-state index is 0. The summed E-state index contributed by atoms with van der Waals surface area (Å²) in [6.07, 6.45) is 9.62. The Morgan fingerprint density at radius 2 is 1.63 bits per heavy atom. The van der Waals surface area contributed by atoms with Gasteiger partial charge >= 0.3 is 0 Å². The summed E-state index contributed by atoms with van der Waals surface area (Å²) in [7, 11) is 0. The van der Waals surface area contributed by atoms with Crippen molar-refractivity contribution >= 4 is 29.9 Å². The quantitative estimate of drug-likeness (QED) is 0.257. The van der Waals surface area contributed by atoms with E-state index in [1.165, 1.54) is 103 Å². The zero-order valence-electron chi connectivity index (χ0n) is 17.7. The van der Waals surface area contributed by atoms with Crippen LogP contribution in [0.1, 0.15) is 58.8 Å². The molecule has 5 nitrogen and oxygen atoms in total. The molecule has 2 saturated heterocycles. The lowest BCUT2D eigenvalue weighted by Crippen LogP contribution is -2.46. The molecule has 27 heavy (non-hydrogen) atoms. The summed E-state index contributed by atoms with van der Waals surface area (Å²) < 4.78 is 0. The SMILES string of the molecule is CCNC(=NCCCCN1CCN(CC)CC1)N1CCC2(CCCC2)C1.I. The summed E-state index contributed by atoms with van der Waals surface area (Å²) in [4.78, 5) is 12.7. The Bertz CT molecular complexity index is 442. The third kappa shape index (κ3) is 6.74. The third-order valence-electron chi connectivity index (χ3n) is 6.79. The van der Waals surface area contributed by atoms with Gasteiger partial charge in [0, 0.05) is 52.4 Å². The second-order valence-electron chi connectivity index (χ2n) is 8.60. The Morgan fingerprint density at radius 3 is 2.30 bits per heavy atom. The van der Waals surface area contributed by atoms with Crippen molar-refractivity contribution in [1.82, 2.24) is 20.0 Å². The van der Waals surface area contributed by atoms with Gasteiger partial charge in [-0.05, 0) is 57.5 Å². The highest BCUT2D eigenvalue weighted by molar-refractivity contribution is 14.0. The van der Waals surface area contributed by atoms with Crippen LogP contribution in [0.5, 0.6) is 0 Å². The summed E-state index contributed by atoms with van der Waals surface area (Å²) in [6, 6.07) is 0. The number of likely N-dealkylation sites (tertiary alicyclic amines) is 1. The lowest BCUT2D eigenvalue weighted by molar-refractivity contribution is 0.136. The van der Waals surface area contributed by atoms with Gasteiger partial charge in [-0.25, -0.2) is 0 Å². The van der Waals surface area contributed by atoms with E-state index in [-0.39, 0.29) is 24.0 Å². The molecule has 2 aliphatic heterocycles. The first-order valence-electron chi connectivity index (χ1n) is 11.2. The number of hydrogen-bond acceptors (Lipinski definition) is 3. The van der Waals surface area contributed by atoms with E-state index in [1.807, 2.05) is 0 Å². The van der Waals surface area contributed by atoms with Crippen LogP contribution in [0.25, 0.3) is 0 Å². The van der Waals surface area contributed by atoms with E-state index in [2.05, 4.69) is 33.9 Å². The second kappa shape index (κ2) is 11.8. The Kier molecular flexibility index (Phi) is 10.1. The molecule has 3 rings (SSSR count). The summed E-state index contributed by atoms with van der Waals surface area (Å²) in [6.45, 7) is 16.3. The predicted molar refractivity (Wildman–Crippen MR) is 126 cm³/mol. The molecule has 1 aliphatic carbocycles. The van der Waals surface area contributed by atoms with Gasteiger partial charge < -0.3 is 20.0 Å². The predicted octanol–water partition coefficient (Wildman–Crippen LogP) is 3.25. The fourth-order valence-corrected chi connectivity index (χ4v) is 5.04. The van der Waals surface area contributed by atoms with Gasteiger partial charge in [-0.15, -0.1) is 24.0 Å². The van der Waals surface area contributed by atoms with Crippen molar-refractivity contribution in [3.8, 4) is 0 Å². The molecule has 0 aromatic carbocycles. The number of rotatable bonds is 7. The van der Waals surface area contributed by atoms with Gasteiger partial charge in [0.1, 0.15) is 0 Å². The first-order valence-corrected chi connectivity index (χ1v) is 11.2. The van der Waals surface area contributed by atoms with Gasteiger partial charge in [-0.2, -0.15) is 0 Å². The van der Waals surface area contributed by atoms with Gasteiger partial charge in [0.05, 0.1) is 0 Å². The van der Waals surface area contributed by atoms with E-state index in [0.717, 1.165) is 13.1 Å². The maximum absolute atomic E-state index is 4.96.